The first kappa shape index (κ1) is 18.7. The van der Waals surface area contributed by atoms with Gasteiger partial charge in [-0.05, 0) is 74.9 Å². The topological polar surface area (TPSA) is 46.8 Å². The van der Waals surface area contributed by atoms with Gasteiger partial charge in [0.1, 0.15) is 5.75 Å². The van der Waals surface area contributed by atoms with Crippen LogP contribution in [0, 0.1) is 13.8 Å². The van der Waals surface area contributed by atoms with Gasteiger partial charge in [-0.1, -0.05) is 18.2 Å². The van der Waals surface area contributed by atoms with Gasteiger partial charge >= 0.3 is 0 Å². The molecule has 1 aromatic heterocycles. The summed E-state index contributed by atoms with van der Waals surface area (Å²) in [5, 5.41) is 5.93. The van der Waals surface area contributed by atoms with Gasteiger partial charge in [0.15, 0.2) is 0 Å². The van der Waals surface area contributed by atoms with E-state index in [4.69, 9.17) is 4.74 Å². The molecule has 1 amide bonds. The van der Waals surface area contributed by atoms with Crippen LogP contribution in [0.25, 0.3) is 11.8 Å². The normalized spacial score (nSPS) is 15.2. The van der Waals surface area contributed by atoms with Crippen molar-refractivity contribution in [2.75, 3.05) is 12.1 Å². The number of carbonyl (C=O) groups is 1. The third-order valence-corrected chi connectivity index (χ3v) is 5.16. The predicted octanol–water partition coefficient (Wildman–Crippen LogP) is 4.91. The monoisotopic (exact) mass is 385 g/mol. The maximum atomic E-state index is 13.0. The Balaban J connectivity index is 1.70. The van der Waals surface area contributed by atoms with Crippen LogP contribution in [-0.2, 0) is 4.79 Å². The minimum atomic E-state index is -0.108. The standard InChI is InChI=1S/C24H23N3O2/c1-16-14-19(18(3)26(16)20-10-12-22(29-4)13-11-20)15-23-17(2)25-27(24(23)28)21-8-6-5-7-9-21/h5-15H,1-4H3/b23-15+. The summed E-state index contributed by atoms with van der Waals surface area (Å²) < 4.78 is 7.43. The van der Waals surface area contributed by atoms with Crippen LogP contribution in [0.2, 0.25) is 0 Å². The Labute approximate surface area is 170 Å². The van der Waals surface area contributed by atoms with E-state index in [1.165, 1.54) is 5.01 Å². The SMILES string of the molecule is COc1ccc(-n2c(C)cc(/C=C3/C(=O)N(c4ccccc4)N=C3C)c2C)cc1. The summed E-state index contributed by atoms with van der Waals surface area (Å²) in [4.78, 5) is 13.0. The van der Waals surface area contributed by atoms with Gasteiger partial charge in [-0.3, -0.25) is 4.79 Å². The number of methoxy groups -OCH3 is 1. The van der Waals surface area contributed by atoms with Crippen LogP contribution >= 0.6 is 0 Å². The van der Waals surface area contributed by atoms with Crippen molar-refractivity contribution in [3.05, 3.63) is 83.2 Å². The van der Waals surface area contributed by atoms with Crippen LogP contribution in [-0.4, -0.2) is 23.3 Å². The molecule has 2 heterocycles. The molecule has 4 rings (SSSR count). The third kappa shape index (κ3) is 3.36. The van der Waals surface area contributed by atoms with E-state index in [0.717, 1.165) is 34.1 Å². The lowest BCUT2D eigenvalue weighted by Crippen LogP contribution is -2.21. The van der Waals surface area contributed by atoms with Crippen molar-refractivity contribution in [1.29, 1.82) is 0 Å². The number of nitrogens with zero attached hydrogens (tertiary/aromatic N) is 3. The zero-order valence-electron chi connectivity index (χ0n) is 17.0. The van der Waals surface area contributed by atoms with Crippen molar-refractivity contribution < 1.29 is 9.53 Å². The van der Waals surface area contributed by atoms with Crippen molar-refractivity contribution in [2.24, 2.45) is 5.10 Å². The van der Waals surface area contributed by atoms with Crippen molar-refractivity contribution in [2.45, 2.75) is 20.8 Å². The summed E-state index contributed by atoms with van der Waals surface area (Å²) in [5.41, 5.74) is 6.32. The Bertz CT molecular complexity index is 1120. The van der Waals surface area contributed by atoms with E-state index in [0.29, 0.717) is 11.3 Å². The number of hydrogen-bond acceptors (Lipinski definition) is 3. The second kappa shape index (κ2) is 7.43. The second-order valence-electron chi connectivity index (χ2n) is 7.06. The summed E-state index contributed by atoms with van der Waals surface area (Å²) in [5.74, 6) is 0.714. The lowest BCUT2D eigenvalue weighted by atomic mass is 10.1. The molecule has 29 heavy (non-hydrogen) atoms. The smallest absolute Gasteiger partial charge is 0.280 e. The Kier molecular flexibility index (Phi) is 4.80. The maximum Gasteiger partial charge on any atom is 0.280 e. The molecule has 2 aromatic carbocycles. The highest BCUT2D eigenvalue weighted by Gasteiger charge is 2.29. The molecule has 0 spiro atoms. The van der Waals surface area contributed by atoms with Gasteiger partial charge in [-0.25, -0.2) is 0 Å². The van der Waals surface area contributed by atoms with Crippen molar-refractivity contribution in [3.8, 4) is 11.4 Å². The molecule has 1 aliphatic rings. The molecule has 3 aromatic rings. The summed E-state index contributed by atoms with van der Waals surface area (Å²) in [7, 11) is 1.66. The zero-order valence-corrected chi connectivity index (χ0v) is 17.0. The predicted molar refractivity (Wildman–Crippen MR) is 117 cm³/mol. The number of aromatic nitrogens is 1. The van der Waals surface area contributed by atoms with Crippen LogP contribution < -0.4 is 9.75 Å². The first-order valence-corrected chi connectivity index (χ1v) is 9.49. The van der Waals surface area contributed by atoms with Crippen molar-refractivity contribution in [1.82, 2.24) is 4.57 Å². The van der Waals surface area contributed by atoms with E-state index in [2.05, 4.69) is 29.6 Å². The van der Waals surface area contributed by atoms with Gasteiger partial charge in [0, 0.05) is 17.1 Å². The highest BCUT2D eigenvalue weighted by atomic mass is 16.5. The van der Waals surface area contributed by atoms with Gasteiger partial charge < -0.3 is 9.30 Å². The van der Waals surface area contributed by atoms with Gasteiger partial charge in [-0.15, -0.1) is 0 Å². The first-order chi connectivity index (χ1) is 14.0. The van der Waals surface area contributed by atoms with E-state index in [1.807, 2.05) is 67.6 Å². The molecule has 0 unspecified atom stereocenters. The molecule has 0 aliphatic carbocycles. The molecule has 146 valence electrons. The number of aryl methyl sites for hydroxylation is 1. The molecule has 0 bridgehead atoms. The van der Waals surface area contributed by atoms with Gasteiger partial charge in [0.2, 0.25) is 0 Å². The Morgan fingerprint density at radius 1 is 0.931 bits per heavy atom. The number of hydrazone groups is 1. The summed E-state index contributed by atoms with van der Waals surface area (Å²) in [6.07, 6.45) is 1.94. The molecule has 0 saturated heterocycles. The second-order valence-corrected chi connectivity index (χ2v) is 7.06. The van der Waals surface area contributed by atoms with Gasteiger partial charge in [0.25, 0.3) is 5.91 Å². The van der Waals surface area contributed by atoms with E-state index >= 15 is 0 Å². The zero-order chi connectivity index (χ0) is 20.5. The van der Waals surface area contributed by atoms with Gasteiger partial charge in [0.05, 0.1) is 24.1 Å². The molecule has 0 N–H and O–H groups in total. The van der Waals surface area contributed by atoms with Crippen molar-refractivity contribution >= 4 is 23.4 Å². The lowest BCUT2D eigenvalue weighted by Gasteiger charge is -2.11. The number of benzene rings is 2. The number of para-hydroxylation sites is 1. The fourth-order valence-electron chi connectivity index (χ4n) is 3.65. The van der Waals surface area contributed by atoms with Gasteiger partial charge in [-0.2, -0.15) is 10.1 Å². The van der Waals surface area contributed by atoms with Crippen LogP contribution in [0.15, 0.2) is 71.3 Å². The van der Waals surface area contributed by atoms with E-state index in [1.54, 1.807) is 7.11 Å². The fraction of sp³-hybridized carbons (Fsp3) is 0.167. The molecule has 1 aliphatic heterocycles. The first-order valence-electron chi connectivity index (χ1n) is 9.49. The van der Waals surface area contributed by atoms with E-state index in [9.17, 15) is 4.79 Å². The number of ether oxygens (including phenoxy) is 1. The fourth-order valence-corrected chi connectivity index (χ4v) is 3.65. The Morgan fingerprint density at radius 3 is 2.28 bits per heavy atom. The van der Waals surface area contributed by atoms with Crippen LogP contribution in [0.4, 0.5) is 5.69 Å². The molecule has 0 radical (unpaired) electrons. The minimum absolute atomic E-state index is 0.108. The number of carbonyl (C=O) groups excluding carboxylic acids is 1. The molecular formula is C24H23N3O2. The van der Waals surface area contributed by atoms with E-state index < -0.39 is 0 Å². The third-order valence-electron chi connectivity index (χ3n) is 5.16. The molecule has 0 fully saturated rings. The van der Waals surface area contributed by atoms with Crippen LogP contribution in [0.5, 0.6) is 5.75 Å². The number of rotatable bonds is 4. The summed E-state index contributed by atoms with van der Waals surface area (Å²) in [6, 6.07) is 19.5. The highest BCUT2D eigenvalue weighted by Crippen LogP contribution is 2.28. The molecule has 0 atom stereocenters. The maximum absolute atomic E-state index is 13.0. The number of anilines is 1. The van der Waals surface area contributed by atoms with Crippen LogP contribution in [0.3, 0.4) is 0 Å². The molecule has 5 heteroatoms. The Hall–Kier alpha value is -3.60. The average molecular weight is 385 g/mol. The number of amides is 1. The highest BCUT2D eigenvalue weighted by molar-refractivity contribution is 6.32. The Morgan fingerprint density at radius 2 is 1.62 bits per heavy atom. The molecule has 5 nitrogen and oxygen atoms in total. The summed E-state index contributed by atoms with van der Waals surface area (Å²) >= 11 is 0. The lowest BCUT2D eigenvalue weighted by molar-refractivity contribution is -0.114. The largest absolute Gasteiger partial charge is 0.497 e. The average Bonchev–Trinajstić information content (AvgIpc) is 3.18. The molecule has 0 saturated carbocycles. The minimum Gasteiger partial charge on any atom is -0.497 e. The van der Waals surface area contributed by atoms with E-state index in [-0.39, 0.29) is 5.91 Å². The molecular weight excluding hydrogens is 362 g/mol. The van der Waals surface area contributed by atoms with Crippen molar-refractivity contribution in [3.63, 3.8) is 0 Å². The van der Waals surface area contributed by atoms with Crippen LogP contribution in [0.1, 0.15) is 23.9 Å². The summed E-state index contributed by atoms with van der Waals surface area (Å²) in [6.45, 7) is 5.99. The quantitative estimate of drug-likeness (QED) is 0.599. The number of hydrogen-bond donors (Lipinski definition) is 0.